The van der Waals surface area contributed by atoms with E-state index in [4.69, 9.17) is 28.4 Å². The summed E-state index contributed by atoms with van der Waals surface area (Å²) in [7, 11) is 4.71. The predicted octanol–water partition coefficient (Wildman–Crippen LogP) is 16.3. The maximum atomic E-state index is 13.2. The molecule has 0 fully saturated rings. The van der Waals surface area contributed by atoms with Gasteiger partial charge in [0.15, 0.2) is 0 Å². The Kier molecular flexibility index (Phi) is 19.5. The largest absolute Gasteiger partial charge is 0.496 e. The van der Waals surface area contributed by atoms with Crippen LogP contribution in [0.2, 0.25) is 0 Å². The van der Waals surface area contributed by atoms with Crippen LogP contribution in [0.4, 0.5) is 17.1 Å². The van der Waals surface area contributed by atoms with Crippen LogP contribution in [0.25, 0.3) is 0 Å². The van der Waals surface area contributed by atoms with E-state index in [2.05, 4.69) is 140 Å². The minimum Gasteiger partial charge on any atom is -0.496 e. The molecule has 0 saturated carbocycles. The number of benzene rings is 6. The molecule has 0 spiro atoms. The van der Waals surface area contributed by atoms with Crippen molar-refractivity contribution in [3.05, 3.63) is 187 Å². The van der Waals surface area contributed by atoms with Crippen LogP contribution in [0.1, 0.15) is 187 Å². The van der Waals surface area contributed by atoms with Crippen molar-refractivity contribution in [3.63, 3.8) is 0 Å². The molecule has 84 heavy (non-hydrogen) atoms. The molecule has 0 heterocycles. The van der Waals surface area contributed by atoms with Gasteiger partial charge >= 0.3 is 0 Å². The molecular formula is C69H87N3O12. The molecular weight excluding hydrogens is 1060 g/mol. The molecule has 0 N–H and O–H groups in total. The van der Waals surface area contributed by atoms with E-state index in [-0.39, 0.29) is 88.1 Å². The van der Waals surface area contributed by atoms with E-state index < -0.39 is 16.2 Å². The Bertz CT molecular complexity index is 2940. The second-order valence-corrected chi connectivity index (χ2v) is 27.0. The lowest BCUT2D eigenvalue weighted by molar-refractivity contribution is -0.385. The van der Waals surface area contributed by atoms with Crippen LogP contribution in [-0.4, -0.2) is 55.9 Å². The van der Waals surface area contributed by atoms with E-state index in [1.807, 2.05) is 0 Å². The molecule has 6 aromatic carbocycles. The molecule has 0 atom stereocenters. The number of nitrogens with zero attached hydrogens (tertiary/aromatic N) is 3. The number of hydrogen-bond acceptors (Lipinski definition) is 12. The zero-order valence-electron chi connectivity index (χ0n) is 52.8. The van der Waals surface area contributed by atoms with Crippen LogP contribution in [-0.2, 0) is 54.8 Å². The molecule has 450 valence electrons. The first kappa shape index (κ1) is 63.9. The van der Waals surface area contributed by atoms with Crippen LogP contribution in [0.15, 0.2) is 72.8 Å². The topological polar surface area (TPSA) is 185 Å². The Morgan fingerprint density at radius 3 is 0.631 bits per heavy atom. The standard InChI is InChI=1S/C69H87N3O12/c1-40(2)37-82-64-43-19-49-31-58(70(73)74)33-51(61(49)79-16)21-45-27-56(68(10,11)12)29-47(65(45)83-38-41(3)4)23-53-35-60(72(77)78)36-54(63(53)81-18)24-48-30-57(69(13,14)15)28-46(66(48)84-39-42(5)6)22-52-34-59(71(75)76)32-50(62(52)80-17)20-44(64)26-55(25-43)67(7,8)9/h25-36,40-42H,19-24,37-39H2,1-18H3. The summed E-state index contributed by atoms with van der Waals surface area (Å²) in [5.74, 6) is 3.36. The molecule has 1 aliphatic rings. The van der Waals surface area contributed by atoms with Crippen LogP contribution >= 0.6 is 0 Å². The van der Waals surface area contributed by atoms with Crippen molar-refractivity contribution in [1.29, 1.82) is 0 Å². The highest BCUT2D eigenvalue weighted by Crippen LogP contribution is 2.46. The molecule has 0 saturated heterocycles. The van der Waals surface area contributed by atoms with Gasteiger partial charge in [0.25, 0.3) is 17.1 Å². The highest BCUT2D eigenvalue weighted by Gasteiger charge is 2.31. The monoisotopic (exact) mass is 1150 g/mol. The van der Waals surface area contributed by atoms with Gasteiger partial charge in [-0.05, 0) is 84.1 Å². The lowest BCUT2D eigenvalue weighted by atomic mass is 9.81. The Labute approximate surface area is 496 Å². The van der Waals surface area contributed by atoms with E-state index in [9.17, 15) is 30.3 Å². The fourth-order valence-electron chi connectivity index (χ4n) is 11.0. The molecule has 6 aromatic rings. The van der Waals surface area contributed by atoms with Crippen LogP contribution < -0.4 is 28.4 Å². The lowest BCUT2D eigenvalue weighted by Crippen LogP contribution is -2.16. The molecule has 0 unspecified atom stereocenters. The van der Waals surface area contributed by atoms with Crippen LogP contribution in [0.5, 0.6) is 34.5 Å². The van der Waals surface area contributed by atoms with E-state index in [1.54, 1.807) is 57.7 Å². The predicted molar refractivity (Wildman–Crippen MR) is 332 cm³/mol. The van der Waals surface area contributed by atoms with Gasteiger partial charge in [0.2, 0.25) is 0 Å². The third-order valence-electron chi connectivity index (χ3n) is 15.2. The van der Waals surface area contributed by atoms with Crippen molar-refractivity contribution in [2.75, 3.05) is 41.2 Å². The van der Waals surface area contributed by atoms with Crippen molar-refractivity contribution >= 4 is 17.1 Å². The van der Waals surface area contributed by atoms with Gasteiger partial charge < -0.3 is 28.4 Å². The average Bonchev–Trinajstić information content (AvgIpc) is 1.25. The van der Waals surface area contributed by atoms with Crippen molar-refractivity contribution in [2.45, 2.75) is 159 Å². The number of hydrogen-bond donors (Lipinski definition) is 0. The number of rotatable bonds is 15. The van der Waals surface area contributed by atoms with Gasteiger partial charge in [-0.1, -0.05) is 140 Å². The summed E-state index contributed by atoms with van der Waals surface area (Å²) in [5, 5.41) is 39.5. The molecule has 1 aliphatic carbocycles. The molecule has 15 nitrogen and oxygen atoms in total. The molecule has 15 heteroatoms. The second kappa shape index (κ2) is 25.7. The summed E-state index contributed by atoms with van der Waals surface area (Å²) in [6, 6.07) is 22.0. The van der Waals surface area contributed by atoms with E-state index in [0.29, 0.717) is 87.7 Å². The SMILES string of the molecule is COc1c2cc([N+](=O)[O-])cc1Cc1cc(C(C)(C)C)cc(c1OCC(C)C)Cc1cc([N+](=O)[O-])cc(c1OC)Cc1cc(C(C)(C)C)cc(c1OCC(C)C)Cc1cc([N+](=O)[O-])cc(c1OC)Cc1cc(C(C)(C)C)cc(c1OCC(C)C)C2. The third-order valence-corrected chi connectivity index (χ3v) is 15.2. The molecule has 12 bridgehead atoms. The normalized spacial score (nSPS) is 13.1. The summed E-state index contributed by atoms with van der Waals surface area (Å²) >= 11 is 0. The number of fused-ring (bicyclic) bond motifs is 12. The van der Waals surface area contributed by atoms with Gasteiger partial charge in [0.1, 0.15) is 34.5 Å². The van der Waals surface area contributed by atoms with Crippen molar-refractivity contribution in [2.24, 2.45) is 17.8 Å². The fourth-order valence-corrected chi connectivity index (χ4v) is 11.0. The quantitative estimate of drug-likeness (QED) is 0.0700. The van der Waals surface area contributed by atoms with Gasteiger partial charge in [-0.15, -0.1) is 0 Å². The fraction of sp³-hybridized carbons (Fsp3) is 0.478. The van der Waals surface area contributed by atoms with E-state index in [0.717, 1.165) is 50.1 Å². The molecule has 0 radical (unpaired) electrons. The Hall–Kier alpha value is -7.68. The minimum absolute atomic E-state index is 0.104. The van der Waals surface area contributed by atoms with Gasteiger partial charge in [0.05, 0.1) is 55.9 Å². The number of nitro benzene ring substituents is 3. The smallest absolute Gasteiger partial charge is 0.270 e. The molecule has 0 aromatic heterocycles. The summed E-state index contributed by atoms with van der Waals surface area (Å²) in [6.45, 7) is 32.5. The van der Waals surface area contributed by atoms with Gasteiger partial charge in [-0.2, -0.15) is 0 Å². The summed E-state index contributed by atoms with van der Waals surface area (Å²) in [4.78, 5) is 38.3. The Morgan fingerprint density at radius 2 is 0.500 bits per heavy atom. The van der Waals surface area contributed by atoms with Gasteiger partial charge in [-0.3, -0.25) is 30.3 Å². The first-order valence-electron chi connectivity index (χ1n) is 29.2. The van der Waals surface area contributed by atoms with E-state index in [1.165, 1.54) is 0 Å². The number of ether oxygens (including phenoxy) is 6. The highest BCUT2D eigenvalue weighted by molar-refractivity contribution is 5.63. The summed E-state index contributed by atoms with van der Waals surface area (Å²) in [6.07, 6.45) is 0.941. The molecule has 7 rings (SSSR count). The highest BCUT2D eigenvalue weighted by atomic mass is 16.6. The zero-order chi connectivity index (χ0) is 61.9. The van der Waals surface area contributed by atoms with Crippen molar-refractivity contribution in [3.8, 4) is 34.5 Å². The molecule has 0 amide bonds. The Balaban J connectivity index is 1.69. The number of methoxy groups -OCH3 is 3. The van der Waals surface area contributed by atoms with Crippen LogP contribution in [0.3, 0.4) is 0 Å². The van der Waals surface area contributed by atoms with Crippen molar-refractivity contribution in [1.82, 2.24) is 0 Å². The third kappa shape index (κ3) is 15.0. The van der Waals surface area contributed by atoms with Gasteiger partial charge in [-0.25, -0.2) is 0 Å². The average molecular weight is 1150 g/mol. The maximum absolute atomic E-state index is 13.2. The maximum Gasteiger partial charge on any atom is 0.270 e. The van der Waals surface area contributed by atoms with Crippen LogP contribution in [0, 0.1) is 48.1 Å². The van der Waals surface area contributed by atoms with Crippen molar-refractivity contribution < 1.29 is 43.2 Å². The first-order valence-corrected chi connectivity index (χ1v) is 29.2. The minimum atomic E-state index is -0.405. The number of nitro groups is 3. The van der Waals surface area contributed by atoms with E-state index >= 15 is 0 Å². The summed E-state index contributed by atoms with van der Waals surface area (Å²) < 4.78 is 39.9. The first-order chi connectivity index (χ1) is 39.3. The molecule has 0 aliphatic heterocycles. The Morgan fingerprint density at radius 1 is 0.333 bits per heavy atom. The zero-order valence-corrected chi connectivity index (χ0v) is 52.8. The summed E-state index contributed by atoms with van der Waals surface area (Å²) in [5.41, 5.74) is 9.12. The lowest BCUT2D eigenvalue weighted by Gasteiger charge is -2.27. The second-order valence-electron chi connectivity index (χ2n) is 27.0. The number of non-ortho nitro benzene ring substituents is 3. The van der Waals surface area contributed by atoms with Gasteiger partial charge in [0, 0.05) is 108 Å².